The molecule has 0 aromatic rings. The summed E-state index contributed by atoms with van der Waals surface area (Å²) in [6.45, 7) is 4.10. The second-order valence-corrected chi connectivity index (χ2v) is 10.1. The van der Waals surface area contributed by atoms with Gasteiger partial charge < -0.3 is 15.5 Å². The van der Waals surface area contributed by atoms with E-state index < -0.39 is 12.1 Å². The lowest BCUT2D eigenvalue weighted by atomic mass is 10.1. The number of aliphatic hydroxyl groups is 2. The maximum atomic E-state index is 12.2. The first-order chi connectivity index (χ1) is 19.2. The lowest BCUT2D eigenvalue weighted by Gasteiger charge is -2.19. The van der Waals surface area contributed by atoms with Crippen molar-refractivity contribution >= 4 is 5.91 Å². The Balaban J connectivity index is 3.89. The topological polar surface area (TPSA) is 69.6 Å². The van der Waals surface area contributed by atoms with E-state index in [1.807, 2.05) is 12.2 Å². The van der Waals surface area contributed by atoms with Crippen LogP contribution in [0.15, 0.2) is 72.9 Å². The molecule has 2 atom stereocenters. The van der Waals surface area contributed by atoms with Gasteiger partial charge in [-0.15, -0.1) is 0 Å². The highest BCUT2D eigenvalue weighted by Gasteiger charge is 2.17. The van der Waals surface area contributed by atoms with E-state index in [0.29, 0.717) is 12.8 Å². The molecule has 0 radical (unpaired) electrons. The molecule has 0 spiro atoms. The van der Waals surface area contributed by atoms with Crippen LogP contribution < -0.4 is 5.32 Å². The number of aliphatic hydroxyl groups excluding tert-OH is 2. The number of unbranched alkanes of at least 4 members (excludes halogenated alkanes) is 9. The number of rotatable bonds is 26. The molecule has 0 aliphatic heterocycles. The molecular weight excluding hydrogens is 482 g/mol. The van der Waals surface area contributed by atoms with Gasteiger partial charge in [0.25, 0.3) is 0 Å². The van der Waals surface area contributed by atoms with E-state index in [1.54, 1.807) is 6.08 Å². The minimum atomic E-state index is -0.891. The van der Waals surface area contributed by atoms with E-state index >= 15 is 0 Å². The number of hydrogen-bond acceptors (Lipinski definition) is 3. The van der Waals surface area contributed by atoms with E-state index in [2.05, 4.69) is 73.8 Å². The van der Waals surface area contributed by atoms with Crippen LogP contribution in [0.2, 0.25) is 0 Å². The van der Waals surface area contributed by atoms with Gasteiger partial charge in [0.2, 0.25) is 5.91 Å². The van der Waals surface area contributed by atoms with Crippen molar-refractivity contribution in [2.45, 2.75) is 135 Å². The maximum Gasteiger partial charge on any atom is 0.220 e. The third-order valence-corrected chi connectivity index (χ3v) is 6.44. The van der Waals surface area contributed by atoms with Crippen molar-refractivity contribution in [2.24, 2.45) is 0 Å². The Kier molecular flexibility index (Phi) is 28.7. The van der Waals surface area contributed by atoms with Crippen molar-refractivity contribution in [2.75, 3.05) is 6.61 Å². The summed E-state index contributed by atoms with van der Waals surface area (Å²) in [6.07, 6.45) is 42.7. The predicted octanol–water partition coefficient (Wildman–Crippen LogP) is 8.83. The Morgan fingerprint density at radius 1 is 0.641 bits per heavy atom. The first-order valence-corrected chi connectivity index (χ1v) is 15.7. The predicted molar refractivity (Wildman–Crippen MR) is 170 cm³/mol. The Bertz CT molecular complexity index is 717. The van der Waals surface area contributed by atoms with Gasteiger partial charge in [-0.05, 0) is 57.8 Å². The first-order valence-electron chi connectivity index (χ1n) is 15.7. The first kappa shape index (κ1) is 36.8. The number of allylic oxidation sites excluding steroid dienone is 11. The van der Waals surface area contributed by atoms with Crippen molar-refractivity contribution in [1.29, 1.82) is 0 Å². The number of carbonyl (C=O) groups is 1. The lowest BCUT2D eigenvalue weighted by molar-refractivity contribution is -0.122. The molecular formula is C35H59NO3. The molecule has 4 heteroatoms. The average Bonchev–Trinajstić information content (AvgIpc) is 2.94. The number of carbonyl (C=O) groups excluding carboxylic acids is 1. The van der Waals surface area contributed by atoms with Crippen molar-refractivity contribution < 1.29 is 15.0 Å². The number of hydrogen-bond donors (Lipinski definition) is 3. The zero-order valence-electron chi connectivity index (χ0n) is 25.1. The summed E-state index contributed by atoms with van der Waals surface area (Å²) >= 11 is 0. The highest BCUT2D eigenvalue weighted by molar-refractivity contribution is 5.76. The minimum absolute atomic E-state index is 0.159. The van der Waals surface area contributed by atoms with Crippen molar-refractivity contribution in [1.82, 2.24) is 5.32 Å². The molecule has 2 unspecified atom stereocenters. The largest absolute Gasteiger partial charge is 0.394 e. The van der Waals surface area contributed by atoms with E-state index in [4.69, 9.17) is 0 Å². The summed E-state index contributed by atoms with van der Waals surface area (Å²) < 4.78 is 0. The molecule has 0 aliphatic carbocycles. The summed E-state index contributed by atoms with van der Waals surface area (Å²) in [5, 5.41) is 22.7. The zero-order valence-corrected chi connectivity index (χ0v) is 25.1. The quantitative estimate of drug-likeness (QED) is 0.0757. The Morgan fingerprint density at radius 3 is 1.77 bits per heavy atom. The molecule has 0 heterocycles. The fourth-order valence-electron chi connectivity index (χ4n) is 4.02. The van der Waals surface area contributed by atoms with Crippen LogP contribution in [0, 0.1) is 0 Å². The summed E-state index contributed by atoms with van der Waals surface area (Å²) in [6, 6.07) is -0.677. The van der Waals surface area contributed by atoms with Gasteiger partial charge in [-0.25, -0.2) is 0 Å². The summed E-state index contributed by atoms with van der Waals surface area (Å²) in [5.41, 5.74) is 0. The normalized spacial score (nSPS) is 14.3. The second kappa shape index (κ2) is 30.4. The molecule has 0 rings (SSSR count). The molecule has 222 valence electrons. The van der Waals surface area contributed by atoms with Crippen molar-refractivity contribution in [3.63, 3.8) is 0 Å². The Labute approximate surface area is 240 Å². The van der Waals surface area contributed by atoms with Gasteiger partial charge in [0.1, 0.15) is 0 Å². The van der Waals surface area contributed by atoms with Crippen LogP contribution in [-0.2, 0) is 4.79 Å². The van der Waals surface area contributed by atoms with Crippen LogP contribution in [-0.4, -0.2) is 34.9 Å². The fourth-order valence-corrected chi connectivity index (χ4v) is 4.02. The van der Waals surface area contributed by atoms with Crippen molar-refractivity contribution in [3.8, 4) is 0 Å². The van der Waals surface area contributed by atoms with E-state index in [-0.39, 0.29) is 12.5 Å². The van der Waals surface area contributed by atoms with E-state index in [9.17, 15) is 15.0 Å². The SMILES string of the molecule is CC/C=C\C/C=C\C/C=C\C/C=C\CCC(=O)NC(CO)C(O)/C=C/CC/C=C/CCCCCCCCCC. The molecule has 0 aliphatic rings. The van der Waals surface area contributed by atoms with Crippen LogP contribution in [0.25, 0.3) is 0 Å². The maximum absolute atomic E-state index is 12.2. The molecule has 1 amide bonds. The number of amides is 1. The number of nitrogens with one attached hydrogen (secondary N) is 1. The second-order valence-electron chi connectivity index (χ2n) is 10.1. The molecule has 3 N–H and O–H groups in total. The average molecular weight is 542 g/mol. The molecule has 0 saturated heterocycles. The third-order valence-electron chi connectivity index (χ3n) is 6.44. The van der Waals surface area contributed by atoms with Crippen LogP contribution in [0.1, 0.15) is 123 Å². The van der Waals surface area contributed by atoms with Gasteiger partial charge >= 0.3 is 0 Å². The van der Waals surface area contributed by atoms with E-state index in [1.165, 1.54) is 51.4 Å². The minimum Gasteiger partial charge on any atom is -0.394 e. The van der Waals surface area contributed by atoms with E-state index in [0.717, 1.165) is 44.9 Å². The highest BCUT2D eigenvalue weighted by atomic mass is 16.3. The zero-order chi connectivity index (χ0) is 28.7. The molecule has 0 saturated carbocycles. The van der Waals surface area contributed by atoms with Gasteiger partial charge in [0.05, 0.1) is 18.8 Å². The van der Waals surface area contributed by atoms with Gasteiger partial charge in [-0.3, -0.25) is 4.79 Å². The fraction of sp³-hybridized carbons (Fsp3) is 0.629. The molecule has 0 bridgehead atoms. The van der Waals surface area contributed by atoms with Gasteiger partial charge in [-0.2, -0.15) is 0 Å². The molecule has 0 aromatic carbocycles. The molecule has 0 fully saturated rings. The lowest BCUT2D eigenvalue weighted by Crippen LogP contribution is -2.45. The summed E-state index contributed by atoms with van der Waals surface area (Å²) in [5.74, 6) is -0.159. The van der Waals surface area contributed by atoms with Gasteiger partial charge in [0.15, 0.2) is 0 Å². The van der Waals surface area contributed by atoms with Crippen LogP contribution in [0.3, 0.4) is 0 Å². The molecule has 4 nitrogen and oxygen atoms in total. The highest BCUT2D eigenvalue weighted by Crippen LogP contribution is 2.10. The standard InChI is InChI=1S/C35H59NO3/c1-3-5-7-9-11-13-15-17-19-20-22-24-26-28-30-34(38)33(32-37)36-35(39)31-29-27-25-23-21-18-16-14-12-10-8-6-4-2/h6,8,12,14,18,20-22,25,27-28,30,33-34,37-38H,3-5,7,9-11,13,15-17,19,23-24,26,29,31-32H2,1-2H3,(H,36,39)/b8-6-,14-12-,21-18-,22-20+,27-25-,30-28+. The third kappa shape index (κ3) is 27.2. The van der Waals surface area contributed by atoms with Crippen molar-refractivity contribution in [3.05, 3.63) is 72.9 Å². The molecule has 39 heavy (non-hydrogen) atoms. The van der Waals surface area contributed by atoms with Crippen LogP contribution in [0.4, 0.5) is 0 Å². The van der Waals surface area contributed by atoms with Gasteiger partial charge in [0, 0.05) is 6.42 Å². The Morgan fingerprint density at radius 2 is 1.15 bits per heavy atom. The smallest absolute Gasteiger partial charge is 0.220 e. The molecule has 0 aromatic heterocycles. The Hall–Kier alpha value is -2.17. The van der Waals surface area contributed by atoms with Gasteiger partial charge in [-0.1, -0.05) is 132 Å². The summed E-state index contributed by atoms with van der Waals surface area (Å²) in [4.78, 5) is 12.2. The van der Waals surface area contributed by atoms with Crippen LogP contribution >= 0.6 is 0 Å². The van der Waals surface area contributed by atoms with Crippen LogP contribution in [0.5, 0.6) is 0 Å². The monoisotopic (exact) mass is 541 g/mol. The summed E-state index contributed by atoms with van der Waals surface area (Å²) in [7, 11) is 0.